The lowest BCUT2D eigenvalue weighted by Gasteiger charge is -2.11. The minimum Gasteiger partial charge on any atom is -0.465 e. The molecule has 1 aromatic heterocycles. The van der Waals surface area contributed by atoms with Crippen LogP contribution in [0.1, 0.15) is 29.6 Å². The molecule has 21 heavy (non-hydrogen) atoms. The monoisotopic (exact) mass is 308 g/mol. The topological polar surface area (TPSA) is 85.3 Å². The molecule has 6 heteroatoms. The van der Waals surface area contributed by atoms with Gasteiger partial charge in [-0.1, -0.05) is 19.1 Å². The van der Waals surface area contributed by atoms with Crippen LogP contribution in [0.25, 0.3) is 0 Å². The Bertz CT molecular complexity index is 720. The molecule has 0 saturated carbocycles. The van der Waals surface area contributed by atoms with E-state index in [4.69, 9.17) is 10.2 Å². The Morgan fingerprint density at radius 3 is 2.57 bits per heavy atom. The van der Waals surface area contributed by atoms with Gasteiger partial charge in [-0.25, -0.2) is 13.1 Å². The van der Waals surface area contributed by atoms with Crippen molar-refractivity contribution in [3.63, 3.8) is 0 Å². The Morgan fingerprint density at radius 2 is 2.00 bits per heavy atom. The van der Waals surface area contributed by atoms with Crippen LogP contribution in [0.15, 0.2) is 39.6 Å². The molecule has 0 aliphatic heterocycles. The Balaban J connectivity index is 2.26. The fourth-order valence-corrected chi connectivity index (χ4v) is 3.44. The fourth-order valence-electron chi connectivity index (χ4n) is 2.09. The molecule has 0 amide bonds. The average Bonchev–Trinajstić information content (AvgIpc) is 2.90. The molecule has 2 rings (SSSR count). The molecule has 0 saturated heterocycles. The summed E-state index contributed by atoms with van der Waals surface area (Å²) in [6.07, 6.45) is 0.640. The van der Waals surface area contributed by atoms with Crippen molar-refractivity contribution >= 4 is 10.0 Å². The molecule has 0 bridgehead atoms. The number of rotatable bonds is 6. The number of furan rings is 1. The van der Waals surface area contributed by atoms with Gasteiger partial charge in [0.05, 0.1) is 11.4 Å². The van der Waals surface area contributed by atoms with Crippen molar-refractivity contribution in [1.82, 2.24) is 4.72 Å². The molecule has 0 fully saturated rings. The molecule has 0 radical (unpaired) electrons. The van der Waals surface area contributed by atoms with Crippen molar-refractivity contribution in [2.75, 3.05) is 0 Å². The van der Waals surface area contributed by atoms with Crippen molar-refractivity contribution < 1.29 is 12.8 Å². The molecule has 2 aromatic rings. The second-order valence-corrected chi connectivity index (χ2v) is 6.57. The van der Waals surface area contributed by atoms with E-state index in [9.17, 15) is 8.42 Å². The molecule has 5 nitrogen and oxygen atoms in total. The molecule has 0 atom stereocenters. The van der Waals surface area contributed by atoms with Crippen LogP contribution in [-0.2, 0) is 29.5 Å². The summed E-state index contributed by atoms with van der Waals surface area (Å²) < 4.78 is 32.9. The van der Waals surface area contributed by atoms with Gasteiger partial charge in [-0.3, -0.25) is 0 Å². The van der Waals surface area contributed by atoms with Crippen LogP contribution in [0.4, 0.5) is 0 Å². The molecular formula is C15H20N2O3S. The third-order valence-electron chi connectivity index (χ3n) is 3.27. The summed E-state index contributed by atoms with van der Waals surface area (Å²) in [6.45, 7) is 4.18. The van der Waals surface area contributed by atoms with Gasteiger partial charge >= 0.3 is 0 Å². The number of sulfonamides is 1. The second kappa shape index (κ2) is 6.43. The molecule has 0 unspecified atom stereocenters. The summed E-state index contributed by atoms with van der Waals surface area (Å²) in [7, 11) is -3.59. The highest BCUT2D eigenvalue weighted by molar-refractivity contribution is 7.89. The van der Waals surface area contributed by atoms with Crippen LogP contribution in [0.2, 0.25) is 0 Å². The molecule has 1 heterocycles. The van der Waals surface area contributed by atoms with Gasteiger partial charge in [0.2, 0.25) is 10.0 Å². The summed E-state index contributed by atoms with van der Waals surface area (Å²) in [5.41, 5.74) is 7.16. The molecule has 1 aromatic carbocycles. The third kappa shape index (κ3) is 3.72. The SMILES string of the molecule is CCc1ccc(CN)cc1S(=O)(=O)NCc1ccc(C)o1. The number of nitrogens with two attached hydrogens (primary N) is 1. The largest absolute Gasteiger partial charge is 0.465 e. The van der Waals surface area contributed by atoms with Crippen molar-refractivity contribution in [2.45, 2.75) is 38.3 Å². The standard InChI is InChI=1S/C15H20N2O3S/c1-3-13-6-5-12(9-16)8-15(13)21(18,19)17-10-14-7-4-11(2)20-14/h4-8,17H,3,9-10,16H2,1-2H3. The van der Waals surface area contributed by atoms with Crippen molar-refractivity contribution in [2.24, 2.45) is 5.73 Å². The van der Waals surface area contributed by atoms with Crippen LogP contribution in [0.3, 0.4) is 0 Å². The predicted octanol–water partition coefficient (Wildman–Crippen LogP) is 2.09. The van der Waals surface area contributed by atoms with Gasteiger partial charge in [0, 0.05) is 6.54 Å². The Labute approximate surface area is 125 Å². The van der Waals surface area contributed by atoms with Gasteiger partial charge in [-0.05, 0) is 42.7 Å². The van der Waals surface area contributed by atoms with Crippen molar-refractivity contribution in [3.05, 3.63) is 53.0 Å². The minimum atomic E-state index is -3.59. The molecule has 114 valence electrons. The quantitative estimate of drug-likeness (QED) is 0.855. The molecular weight excluding hydrogens is 288 g/mol. The van der Waals surface area contributed by atoms with Gasteiger partial charge < -0.3 is 10.2 Å². The van der Waals surface area contributed by atoms with Gasteiger partial charge in [-0.2, -0.15) is 0 Å². The number of hydrogen-bond acceptors (Lipinski definition) is 4. The summed E-state index contributed by atoms with van der Waals surface area (Å²) in [5.74, 6) is 1.34. The molecule has 0 aliphatic carbocycles. The maximum absolute atomic E-state index is 12.5. The van der Waals surface area contributed by atoms with E-state index in [-0.39, 0.29) is 11.4 Å². The summed E-state index contributed by atoms with van der Waals surface area (Å²) in [5, 5.41) is 0. The lowest BCUT2D eigenvalue weighted by atomic mass is 10.1. The zero-order valence-electron chi connectivity index (χ0n) is 12.2. The van der Waals surface area contributed by atoms with E-state index in [1.165, 1.54) is 0 Å². The summed E-state index contributed by atoms with van der Waals surface area (Å²) >= 11 is 0. The first-order valence-electron chi connectivity index (χ1n) is 6.83. The minimum absolute atomic E-state index is 0.131. The van der Waals surface area contributed by atoms with Gasteiger partial charge in [0.25, 0.3) is 0 Å². The predicted molar refractivity (Wildman–Crippen MR) is 81.2 cm³/mol. The number of nitrogens with one attached hydrogen (secondary N) is 1. The van der Waals surface area contributed by atoms with E-state index in [0.29, 0.717) is 18.7 Å². The number of aryl methyl sites for hydroxylation is 2. The highest BCUT2D eigenvalue weighted by Crippen LogP contribution is 2.19. The lowest BCUT2D eigenvalue weighted by molar-refractivity contribution is 0.475. The maximum atomic E-state index is 12.5. The first-order chi connectivity index (χ1) is 9.96. The first kappa shape index (κ1) is 15.8. The Kier molecular flexibility index (Phi) is 4.82. The second-order valence-electron chi connectivity index (χ2n) is 4.84. The van der Waals surface area contributed by atoms with Gasteiger partial charge in [0.15, 0.2) is 0 Å². The van der Waals surface area contributed by atoms with Crippen LogP contribution in [0, 0.1) is 6.92 Å². The zero-order valence-corrected chi connectivity index (χ0v) is 13.0. The van der Waals surface area contributed by atoms with E-state index in [2.05, 4.69) is 4.72 Å². The molecule has 0 spiro atoms. The maximum Gasteiger partial charge on any atom is 0.241 e. The van der Waals surface area contributed by atoms with E-state index >= 15 is 0 Å². The van der Waals surface area contributed by atoms with Crippen molar-refractivity contribution in [1.29, 1.82) is 0 Å². The average molecular weight is 308 g/mol. The smallest absolute Gasteiger partial charge is 0.241 e. The fraction of sp³-hybridized carbons (Fsp3) is 0.333. The van der Waals surface area contributed by atoms with E-state index in [1.54, 1.807) is 18.2 Å². The zero-order chi connectivity index (χ0) is 15.5. The molecule has 0 aliphatic rings. The summed E-state index contributed by atoms with van der Waals surface area (Å²) in [6, 6.07) is 8.86. The van der Waals surface area contributed by atoms with Crippen molar-refractivity contribution in [3.8, 4) is 0 Å². The number of benzene rings is 1. The Hall–Kier alpha value is -1.63. The third-order valence-corrected chi connectivity index (χ3v) is 4.75. The Morgan fingerprint density at radius 1 is 1.24 bits per heavy atom. The van der Waals surface area contributed by atoms with Crippen LogP contribution in [0.5, 0.6) is 0 Å². The molecule has 3 N–H and O–H groups in total. The number of hydrogen-bond donors (Lipinski definition) is 2. The van der Waals surface area contributed by atoms with Gasteiger partial charge in [0.1, 0.15) is 11.5 Å². The van der Waals surface area contributed by atoms with Crippen LogP contribution < -0.4 is 10.5 Å². The normalized spacial score (nSPS) is 11.8. The lowest BCUT2D eigenvalue weighted by Crippen LogP contribution is -2.24. The van der Waals surface area contributed by atoms with Crippen LogP contribution >= 0.6 is 0 Å². The highest BCUT2D eigenvalue weighted by atomic mass is 32.2. The van der Waals surface area contributed by atoms with Gasteiger partial charge in [-0.15, -0.1) is 0 Å². The highest BCUT2D eigenvalue weighted by Gasteiger charge is 2.18. The first-order valence-corrected chi connectivity index (χ1v) is 8.31. The van der Waals surface area contributed by atoms with E-state index < -0.39 is 10.0 Å². The van der Waals surface area contributed by atoms with E-state index in [1.807, 2.05) is 26.0 Å². The van der Waals surface area contributed by atoms with Crippen LogP contribution in [-0.4, -0.2) is 8.42 Å². The summed E-state index contributed by atoms with van der Waals surface area (Å²) in [4.78, 5) is 0.288. The van der Waals surface area contributed by atoms with E-state index in [0.717, 1.165) is 16.9 Å².